The number of carbonyl (C=O) groups is 2. The highest BCUT2D eigenvalue weighted by Gasteiger charge is 2.19. The molecule has 1 amide bonds. The summed E-state index contributed by atoms with van der Waals surface area (Å²) in [7, 11) is -3.79. The third-order valence-electron chi connectivity index (χ3n) is 5.30. The van der Waals surface area contributed by atoms with Crippen molar-refractivity contribution in [2.75, 3.05) is 11.3 Å². The Morgan fingerprint density at radius 1 is 0.811 bits per heavy atom. The molecule has 190 valence electrons. The van der Waals surface area contributed by atoms with Gasteiger partial charge in [-0.15, -0.1) is 11.3 Å². The van der Waals surface area contributed by atoms with Crippen molar-refractivity contribution >= 4 is 50.5 Å². The molecule has 0 aliphatic heterocycles. The van der Waals surface area contributed by atoms with Crippen LogP contribution in [0.15, 0.2) is 101 Å². The van der Waals surface area contributed by atoms with Gasteiger partial charge in [-0.1, -0.05) is 72.3 Å². The molecule has 0 aliphatic carbocycles. The minimum Gasteiger partial charge on any atom is -0.452 e. The molecule has 0 saturated heterocycles. The molecule has 0 aliphatic rings. The molecule has 3 aromatic carbocycles. The summed E-state index contributed by atoms with van der Waals surface area (Å²) in [5, 5.41) is 0. The molecule has 0 bridgehead atoms. The summed E-state index contributed by atoms with van der Waals surface area (Å²) in [5.74, 6) is -1.02. The van der Waals surface area contributed by atoms with Gasteiger partial charge in [0.05, 0.1) is 9.90 Å². The van der Waals surface area contributed by atoms with Crippen LogP contribution < -0.4 is 4.72 Å². The summed E-state index contributed by atoms with van der Waals surface area (Å²) in [6, 6.07) is 27.8. The van der Waals surface area contributed by atoms with E-state index in [9.17, 15) is 18.0 Å². The van der Waals surface area contributed by atoms with E-state index in [1.165, 1.54) is 36.4 Å². The topological polar surface area (TPSA) is 92.8 Å². The number of carbonyl (C=O) groups excluding carboxylic acids is 2. The van der Waals surface area contributed by atoms with Crippen molar-refractivity contribution in [1.29, 1.82) is 0 Å². The quantitative estimate of drug-likeness (QED) is 0.258. The SMILES string of the molecule is O=C(OCC(=O)N(Cc1ccccc1)Cc1ccccc1)c1ccc(NS(=O)(=O)c2ccc(Cl)s2)cc1. The fourth-order valence-corrected chi connectivity index (χ4v) is 6.00. The smallest absolute Gasteiger partial charge is 0.338 e. The number of amides is 1. The van der Waals surface area contributed by atoms with Gasteiger partial charge in [0, 0.05) is 18.8 Å². The van der Waals surface area contributed by atoms with Crippen LogP contribution in [-0.4, -0.2) is 31.8 Å². The van der Waals surface area contributed by atoms with Crippen LogP contribution in [0.2, 0.25) is 4.34 Å². The van der Waals surface area contributed by atoms with Gasteiger partial charge < -0.3 is 9.64 Å². The number of ether oxygens (including phenoxy) is 1. The third kappa shape index (κ3) is 7.42. The first kappa shape index (κ1) is 26.4. The molecule has 0 unspecified atom stereocenters. The van der Waals surface area contributed by atoms with Gasteiger partial charge in [-0.2, -0.15) is 0 Å². The lowest BCUT2D eigenvalue weighted by atomic mass is 10.1. The zero-order valence-corrected chi connectivity index (χ0v) is 21.9. The Kier molecular flexibility index (Phi) is 8.60. The summed E-state index contributed by atoms with van der Waals surface area (Å²) >= 11 is 6.76. The lowest BCUT2D eigenvalue weighted by Crippen LogP contribution is -2.33. The molecule has 37 heavy (non-hydrogen) atoms. The van der Waals surface area contributed by atoms with Crippen LogP contribution in [0.4, 0.5) is 5.69 Å². The van der Waals surface area contributed by atoms with Crippen molar-refractivity contribution in [3.63, 3.8) is 0 Å². The molecule has 4 rings (SSSR count). The lowest BCUT2D eigenvalue weighted by Gasteiger charge is -2.23. The number of hydrogen-bond acceptors (Lipinski definition) is 6. The molecule has 7 nitrogen and oxygen atoms in total. The van der Waals surface area contributed by atoms with E-state index in [1.807, 2.05) is 60.7 Å². The molecule has 0 radical (unpaired) electrons. The van der Waals surface area contributed by atoms with Gasteiger partial charge in [-0.25, -0.2) is 13.2 Å². The number of nitrogens with zero attached hydrogens (tertiary/aromatic N) is 1. The second-order valence-corrected chi connectivity index (χ2v) is 11.7. The second-order valence-electron chi connectivity index (χ2n) is 8.04. The lowest BCUT2D eigenvalue weighted by molar-refractivity contribution is -0.135. The van der Waals surface area contributed by atoms with Crippen LogP contribution in [0.5, 0.6) is 0 Å². The molecule has 1 heterocycles. The predicted molar refractivity (Wildman–Crippen MR) is 144 cm³/mol. The van der Waals surface area contributed by atoms with Crippen LogP contribution in [0.3, 0.4) is 0 Å². The Hall–Kier alpha value is -3.66. The summed E-state index contributed by atoms with van der Waals surface area (Å²) in [5.41, 5.74) is 2.38. The number of nitrogens with one attached hydrogen (secondary N) is 1. The van der Waals surface area contributed by atoms with Crippen LogP contribution >= 0.6 is 22.9 Å². The predicted octanol–water partition coefficient (Wildman–Crippen LogP) is 5.59. The maximum absolute atomic E-state index is 13.0. The Morgan fingerprint density at radius 3 is 1.89 bits per heavy atom. The third-order valence-corrected chi connectivity index (χ3v) is 8.40. The highest BCUT2D eigenvalue weighted by molar-refractivity contribution is 7.94. The van der Waals surface area contributed by atoms with E-state index in [0.717, 1.165) is 22.5 Å². The van der Waals surface area contributed by atoms with Gasteiger partial charge in [-0.05, 0) is 47.5 Å². The minimum absolute atomic E-state index is 0.0788. The normalized spacial score (nSPS) is 11.1. The zero-order chi connectivity index (χ0) is 26.3. The van der Waals surface area contributed by atoms with Gasteiger partial charge in [0.15, 0.2) is 6.61 Å². The largest absolute Gasteiger partial charge is 0.452 e. The van der Waals surface area contributed by atoms with E-state index < -0.39 is 22.6 Å². The fraction of sp³-hybridized carbons (Fsp3) is 0.111. The number of halogens is 1. The number of benzene rings is 3. The summed E-state index contributed by atoms with van der Waals surface area (Å²) in [4.78, 5) is 27.2. The van der Waals surface area contributed by atoms with Crippen molar-refractivity contribution in [2.24, 2.45) is 0 Å². The number of thiophene rings is 1. The standard InChI is InChI=1S/C27H23ClN2O5S2/c28-24-15-16-26(36-24)37(33,34)29-23-13-11-22(12-14-23)27(32)35-19-25(31)30(17-20-7-3-1-4-8-20)18-21-9-5-2-6-10-21/h1-16,29H,17-19H2. The van der Waals surface area contributed by atoms with Crippen LogP contribution in [-0.2, 0) is 32.6 Å². The van der Waals surface area contributed by atoms with Crippen molar-refractivity contribution < 1.29 is 22.7 Å². The highest BCUT2D eigenvalue weighted by Crippen LogP contribution is 2.27. The van der Waals surface area contributed by atoms with Gasteiger partial charge in [0.25, 0.3) is 15.9 Å². The minimum atomic E-state index is -3.79. The van der Waals surface area contributed by atoms with E-state index in [4.69, 9.17) is 16.3 Å². The molecule has 10 heteroatoms. The molecule has 0 fully saturated rings. The average Bonchev–Trinajstić information content (AvgIpc) is 3.35. The van der Waals surface area contributed by atoms with Crippen LogP contribution in [0, 0.1) is 0 Å². The molecule has 1 N–H and O–H groups in total. The summed E-state index contributed by atoms with van der Waals surface area (Å²) in [6.07, 6.45) is 0. The van der Waals surface area contributed by atoms with Crippen molar-refractivity contribution in [1.82, 2.24) is 4.90 Å². The van der Waals surface area contributed by atoms with Crippen LogP contribution in [0.25, 0.3) is 0 Å². The molecule has 0 spiro atoms. The maximum Gasteiger partial charge on any atom is 0.338 e. The molecule has 0 atom stereocenters. The number of rotatable bonds is 10. The van der Waals surface area contributed by atoms with E-state index in [1.54, 1.807) is 4.90 Å². The first-order valence-corrected chi connectivity index (χ1v) is 13.9. The van der Waals surface area contributed by atoms with Crippen molar-refractivity contribution in [3.05, 3.63) is 118 Å². The van der Waals surface area contributed by atoms with Crippen molar-refractivity contribution in [3.8, 4) is 0 Å². The monoisotopic (exact) mass is 554 g/mol. The van der Waals surface area contributed by atoms with E-state index in [-0.39, 0.29) is 21.4 Å². The van der Waals surface area contributed by atoms with Gasteiger partial charge >= 0.3 is 5.97 Å². The van der Waals surface area contributed by atoms with Crippen LogP contribution in [0.1, 0.15) is 21.5 Å². The molecule has 0 saturated carbocycles. The van der Waals surface area contributed by atoms with Gasteiger partial charge in [-0.3, -0.25) is 9.52 Å². The van der Waals surface area contributed by atoms with E-state index in [0.29, 0.717) is 17.4 Å². The summed E-state index contributed by atoms with van der Waals surface area (Å²) < 4.78 is 33.0. The Bertz CT molecular complexity index is 1420. The Balaban J connectivity index is 1.37. The number of esters is 1. The van der Waals surface area contributed by atoms with E-state index in [2.05, 4.69) is 4.72 Å². The first-order chi connectivity index (χ1) is 17.8. The molecular formula is C27H23ClN2O5S2. The summed E-state index contributed by atoms with van der Waals surface area (Å²) in [6.45, 7) is 0.318. The van der Waals surface area contributed by atoms with E-state index >= 15 is 0 Å². The van der Waals surface area contributed by atoms with Crippen molar-refractivity contribution in [2.45, 2.75) is 17.3 Å². The van der Waals surface area contributed by atoms with Gasteiger partial charge in [0.1, 0.15) is 4.21 Å². The average molecular weight is 555 g/mol. The number of hydrogen-bond donors (Lipinski definition) is 1. The van der Waals surface area contributed by atoms with Gasteiger partial charge in [0.2, 0.25) is 0 Å². The molecule has 1 aromatic heterocycles. The second kappa shape index (κ2) is 12.1. The molecular weight excluding hydrogens is 532 g/mol. The Morgan fingerprint density at radius 2 is 1.38 bits per heavy atom. The number of anilines is 1. The highest BCUT2D eigenvalue weighted by atomic mass is 35.5. The maximum atomic E-state index is 13.0. The Labute approximate surface area is 224 Å². The molecule has 4 aromatic rings. The zero-order valence-electron chi connectivity index (χ0n) is 19.5. The fourth-order valence-electron chi connectivity index (χ4n) is 3.46. The first-order valence-electron chi connectivity index (χ1n) is 11.2. The number of sulfonamides is 1.